The SMILES string of the molecule is COC1=C(c2c(OC)cc(Br)cc2C(F)(F)F)C(=O)C2CCC1C2. The number of benzene rings is 1. The Kier molecular flexibility index (Phi) is 4.40. The Morgan fingerprint density at radius 2 is 1.79 bits per heavy atom. The van der Waals surface area contributed by atoms with Gasteiger partial charge in [0.05, 0.1) is 25.4 Å². The van der Waals surface area contributed by atoms with E-state index >= 15 is 0 Å². The number of alkyl halides is 3. The van der Waals surface area contributed by atoms with Crippen molar-refractivity contribution in [1.29, 1.82) is 0 Å². The van der Waals surface area contributed by atoms with Crippen molar-refractivity contribution < 1.29 is 27.4 Å². The van der Waals surface area contributed by atoms with Crippen LogP contribution in [0.4, 0.5) is 13.2 Å². The molecule has 0 heterocycles. The third-order valence-electron chi connectivity index (χ3n) is 4.73. The van der Waals surface area contributed by atoms with Crippen molar-refractivity contribution in [1.82, 2.24) is 0 Å². The van der Waals surface area contributed by atoms with Gasteiger partial charge in [0.2, 0.25) is 0 Å². The van der Waals surface area contributed by atoms with Gasteiger partial charge in [0, 0.05) is 21.9 Å². The molecule has 3 rings (SSSR count). The number of halogens is 4. The summed E-state index contributed by atoms with van der Waals surface area (Å²) in [4.78, 5) is 12.8. The molecule has 1 aromatic rings. The maximum atomic E-state index is 13.6. The summed E-state index contributed by atoms with van der Waals surface area (Å²) in [5.41, 5.74) is -1.09. The predicted molar refractivity (Wildman–Crippen MR) is 85.5 cm³/mol. The van der Waals surface area contributed by atoms with Crippen LogP contribution in [0.15, 0.2) is 22.4 Å². The van der Waals surface area contributed by atoms with Gasteiger partial charge in [-0.25, -0.2) is 0 Å². The van der Waals surface area contributed by atoms with Crippen LogP contribution in [0.5, 0.6) is 5.75 Å². The highest BCUT2D eigenvalue weighted by molar-refractivity contribution is 9.10. The molecule has 3 nitrogen and oxygen atoms in total. The lowest BCUT2D eigenvalue weighted by Crippen LogP contribution is -2.24. The molecule has 0 spiro atoms. The Morgan fingerprint density at radius 1 is 1.12 bits per heavy atom. The van der Waals surface area contributed by atoms with Gasteiger partial charge < -0.3 is 9.47 Å². The van der Waals surface area contributed by atoms with E-state index in [1.807, 2.05) is 0 Å². The van der Waals surface area contributed by atoms with Crippen LogP contribution in [0.3, 0.4) is 0 Å². The highest BCUT2D eigenvalue weighted by Gasteiger charge is 2.46. The lowest BCUT2D eigenvalue weighted by molar-refractivity contribution is -0.138. The van der Waals surface area contributed by atoms with Crippen LogP contribution < -0.4 is 4.74 Å². The first-order valence-electron chi connectivity index (χ1n) is 7.55. The maximum absolute atomic E-state index is 13.6. The molecular weight excluding hydrogens is 389 g/mol. The molecule has 7 heteroatoms. The monoisotopic (exact) mass is 404 g/mol. The van der Waals surface area contributed by atoms with E-state index < -0.39 is 11.7 Å². The van der Waals surface area contributed by atoms with Crippen LogP contribution in [0.25, 0.3) is 5.57 Å². The second-order valence-electron chi connectivity index (χ2n) is 6.04. The van der Waals surface area contributed by atoms with Crippen molar-refractivity contribution in [2.45, 2.75) is 25.4 Å². The standard InChI is InChI=1S/C17H16BrF3O3/c1-23-12-7-10(18)6-11(17(19,20)21)13(12)14-15(22)8-3-4-9(5-8)16(14)24-2/h6-9H,3-5H2,1-2H3. The van der Waals surface area contributed by atoms with Gasteiger partial charge in [0.1, 0.15) is 11.5 Å². The summed E-state index contributed by atoms with van der Waals surface area (Å²) in [6.45, 7) is 0. The van der Waals surface area contributed by atoms with Gasteiger partial charge in [-0.05, 0) is 31.4 Å². The van der Waals surface area contributed by atoms with Gasteiger partial charge in [0.25, 0.3) is 0 Å². The molecule has 1 fully saturated rings. The normalized spacial score (nSPS) is 23.7. The lowest BCUT2D eigenvalue weighted by atomic mass is 9.81. The molecule has 0 N–H and O–H groups in total. The quantitative estimate of drug-likeness (QED) is 0.723. The molecule has 2 aliphatic carbocycles. The summed E-state index contributed by atoms with van der Waals surface area (Å²) in [6.07, 6.45) is -2.54. The topological polar surface area (TPSA) is 35.5 Å². The average molecular weight is 405 g/mol. The minimum atomic E-state index is -4.62. The summed E-state index contributed by atoms with van der Waals surface area (Å²) in [6, 6.07) is 2.41. The Labute approximate surface area is 145 Å². The Morgan fingerprint density at radius 3 is 2.38 bits per heavy atom. The van der Waals surface area contributed by atoms with Crippen molar-refractivity contribution in [3.05, 3.63) is 33.5 Å². The number of methoxy groups -OCH3 is 2. The molecule has 1 saturated carbocycles. The first kappa shape index (κ1) is 17.3. The number of hydrogen-bond donors (Lipinski definition) is 0. The van der Waals surface area contributed by atoms with Crippen molar-refractivity contribution in [3.63, 3.8) is 0 Å². The molecule has 0 aromatic heterocycles. The summed E-state index contributed by atoms with van der Waals surface area (Å²) in [7, 11) is 2.69. The smallest absolute Gasteiger partial charge is 0.417 e. The summed E-state index contributed by atoms with van der Waals surface area (Å²) >= 11 is 3.08. The van der Waals surface area contributed by atoms with Gasteiger partial charge in [-0.15, -0.1) is 0 Å². The molecule has 0 aliphatic heterocycles. The molecule has 2 aliphatic rings. The van der Waals surface area contributed by atoms with E-state index in [9.17, 15) is 18.0 Å². The fourth-order valence-corrected chi connectivity index (χ4v) is 4.16. The summed E-state index contributed by atoms with van der Waals surface area (Å²) in [5.74, 6) is -0.178. The van der Waals surface area contributed by atoms with Crippen molar-refractivity contribution in [2.75, 3.05) is 14.2 Å². The largest absolute Gasteiger partial charge is 0.500 e. The number of carbonyl (C=O) groups excluding carboxylic acids is 1. The fraction of sp³-hybridized carbons (Fsp3) is 0.471. The Balaban J connectivity index is 2.33. The van der Waals surface area contributed by atoms with E-state index in [4.69, 9.17) is 9.47 Å². The van der Waals surface area contributed by atoms with Crippen LogP contribution in [0, 0.1) is 11.8 Å². The highest BCUT2D eigenvalue weighted by Crippen LogP contribution is 2.51. The van der Waals surface area contributed by atoms with Crippen molar-refractivity contribution in [2.24, 2.45) is 11.8 Å². The molecule has 1 aromatic carbocycles. The predicted octanol–water partition coefficient (Wildman–Crippen LogP) is 4.83. The highest BCUT2D eigenvalue weighted by atomic mass is 79.9. The van der Waals surface area contributed by atoms with E-state index in [2.05, 4.69) is 15.9 Å². The Hall–Kier alpha value is -1.50. The minimum absolute atomic E-state index is 0.0101. The van der Waals surface area contributed by atoms with E-state index in [0.29, 0.717) is 18.6 Å². The number of ether oxygens (including phenoxy) is 2. The van der Waals surface area contributed by atoms with E-state index in [-0.39, 0.29) is 39.0 Å². The number of hydrogen-bond acceptors (Lipinski definition) is 3. The third kappa shape index (κ3) is 2.72. The molecule has 2 unspecified atom stereocenters. The fourth-order valence-electron chi connectivity index (χ4n) is 3.73. The minimum Gasteiger partial charge on any atom is -0.500 e. The van der Waals surface area contributed by atoms with Crippen LogP contribution in [0.2, 0.25) is 0 Å². The van der Waals surface area contributed by atoms with Crippen molar-refractivity contribution >= 4 is 27.3 Å². The molecule has 2 bridgehead atoms. The van der Waals surface area contributed by atoms with Crippen LogP contribution in [-0.4, -0.2) is 20.0 Å². The summed E-state index contributed by atoms with van der Waals surface area (Å²) < 4.78 is 51.6. The molecule has 2 atom stereocenters. The second kappa shape index (κ2) is 6.10. The number of carbonyl (C=O) groups is 1. The first-order valence-corrected chi connectivity index (χ1v) is 8.34. The summed E-state index contributed by atoms with van der Waals surface area (Å²) in [5, 5.41) is 0. The van der Waals surface area contributed by atoms with Crippen molar-refractivity contribution in [3.8, 4) is 5.75 Å². The van der Waals surface area contributed by atoms with Gasteiger partial charge in [0.15, 0.2) is 5.78 Å². The lowest BCUT2D eigenvalue weighted by Gasteiger charge is -2.27. The maximum Gasteiger partial charge on any atom is 0.417 e. The number of allylic oxidation sites excluding steroid dienone is 2. The number of ketones is 1. The van der Waals surface area contributed by atoms with Gasteiger partial charge in [-0.1, -0.05) is 15.9 Å². The van der Waals surface area contributed by atoms with Crippen LogP contribution >= 0.6 is 15.9 Å². The number of Topliss-reactive ketones (excluding diaryl/α,β-unsaturated/α-hetero) is 1. The average Bonchev–Trinajstić information content (AvgIpc) is 2.95. The number of fused-ring (bicyclic) bond motifs is 2. The van der Waals surface area contributed by atoms with Crippen LogP contribution in [0.1, 0.15) is 30.4 Å². The first-order chi connectivity index (χ1) is 11.3. The van der Waals surface area contributed by atoms with Crippen LogP contribution in [-0.2, 0) is 15.7 Å². The third-order valence-corrected chi connectivity index (χ3v) is 5.19. The molecule has 130 valence electrons. The van der Waals surface area contributed by atoms with Gasteiger partial charge >= 0.3 is 6.18 Å². The molecule has 24 heavy (non-hydrogen) atoms. The van der Waals surface area contributed by atoms with Gasteiger partial charge in [-0.2, -0.15) is 13.2 Å². The Bertz CT molecular complexity index is 725. The zero-order valence-corrected chi connectivity index (χ0v) is 14.8. The van der Waals surface area contributed by atoms with E-state index in [0.717, 1.165) is 12.5 Å². The molecular formula is C17H16BrF3O3. The zero-order valence-electron chi connectivity index (χ0n) is 13.2. The molecule has 0 saturated heterocycles. The molecule has 0 radical (unpaired) electrons. The van der Waals surface area contributed by atoms with E-state index in [1.54, 1.807) is 0 Å². The molecule has 0 amide bonds. The van der Waals surface area contributed by atoms with Gasteiger partial charge in [-0.3, -0.25) is 4.79 Å². The van der Waals surface area contributed by atoms with E-state index in [1.165, 1.54) is 20.3 Å². The zero-order chi connectivity index (χ0) is 17.6. The second-order valence-corrected chi connectivity index (χ2v) is 6.96. The number of rotatable bonds is 3.